The molecule has 0 unspecified atom stereocenters. The molecule has 22 heavy (non-hydrogen) atoms. The Balaban J connectivity index is 1.96. The Hall–Kier alpha value is -2.34. The average Bonchev–Trinajstić information content (AvgIpc) is 3.04. The predicted octanol–water partition coefficient (Wildman–Crippen LogP) is 1.56. The molecule has 0 spiro atoms. The molecule has 1 amide bonds. The largest absolute Gasteiger partial charge is 0.497 e. The maximum Gasteiger partial charge on any atom is 0.271 e. The fourth-order valence-electron chi connectivity index (χ4n) is 1.93. The number of amides is 1. The molecule has 0 radical (unpaired) electrons. The van der Waals surface area contributed by atoms with Crippen molar-refractivity contribution in [2.75, 3.05) is 33.8 Å². The third-order valence-electron chi connectivity index (χ3n) is 3.48. The molecule has 2 aromatic rings. The fraction of sp³-hybridized carbons (Fsp3) is 0.375. The molecular weight excluding hydrogens is 280 g/mol. The molecule has 0 bridgehead atoms. The van der Waals surface area contributed by atoms with E-state index in [4.69, 9.17) is 4.74 Å². The van der Waals surface area contributed by atoms with Gasteiger partial charge in [-0.15, -0.1) is 0 Å². The third-order valence-corrected chi connectivity index (χ3v) is 3.48. The van der Waals surface area contributed by atoms with Gasteiger partial charge in [0.25, 0.3) is 5.91 Å². The number of carbonyl (C=O) groups is 1. The molecule has 0 fully saturated rings. The zero-order valence-electron chi connectivity index (χ0n) is 13.2. The number of likely N-dealkylation sites (N-methyl/N-ethyl adjacent to an activating group) is 1. The van der Waals surface area contributed by atoms with E-state index in [0.717, 1.165) is 24.5 Å². The van der Waals surface area contributed by atoms with Crippen LogP contribution >= 0.6 is 0 Å². The number of hydrogen-bond donors (Lipinski definition) is 1. The van der Waals surface area contributed by atoms with E-state index < -0.39 is 0 Å². The molecule has 0 saturated carbocycles. The van der Waals surface area contributed by atoms with Crippen LogP contribution < -0.4 is 10.1 Å². The van der Waals surface area contributed by atoms with Crippen molar-refractivity contribution in [2.45, 2.75) is 6.92 Å². The number of carbonyl (C=O) groups excluding carboxylic acids is 1. The number of nitrogens with one attached hydrogen (secondary N) is 1. The molecule has 0 aliphatic carbocycles. The van der Waals surface area contributed by atoms with Crippen molar-refractivity contribution in [2.24, 2.45) is 0 Å². The standard InChI is InChI=1S/C16H22N4O2/c1-4-19(2)12-10-17-16(21)15-9-11-20(18-15)13-5-7-14(22-3)8-6-13/h5-9,11H,4,10,12H2,1-3H3,(H,17,21). The summed E-state index contributed by atoms with van der Waals surface area (Å²) in [5, 5.41) is 7.17. The molecule has 0 saturated heterocycles. The van der Waals surface area contributed by atoms with Crippen molar-refractivity contribution in [1.82, 2.24) is 20.0 Å². The second-order valence-corrected chi connectivity index (χ2v) is 5.00. The Kier molecular flexibility index (Phi) is 5.55. The minimum absolute atomic E-state index is 0.156. The van der Waals surface area contributed by atoms with Crippen LogP contribution in [0.3, 0.4) is 0 Å². The second-order valence-electron chi connectivity index (χ2n) is 5.00. The van der Waals surface area contributed by atoms with Crippen LogP contribution in [0.25, 0.3) is 5.69 Å². The molecular formula is C16H22N4O2. The van der Waals surface area contributed by atoms with E-state index in [9.17, 15) is 4.79 Å². The summed E-state index contributed by atoms with van der Waals surface area (Å²) in [4.78, 5) is 14.2. The van der Waals surface area contributed by atoms with Crippen LogP contribution in [0, 0.1) is 0 Å². The number of aromatic nitrogens is 2. The maximum absolute atomic E-state index is 12.0. The number of benzene rings is 1. The number of ether oxygens (including phenoxy) is 1. The van der Waals surface area contributed by atoms with Crippen molar-refractivity contribution < 1.29 is 9.53 Å². The van der Waals surface area contributed by atoms with Crippen LogP contribution in [0.4, 0.5) is 0 Å². The molecule has 6 heteroatoms. The second kappa shape index (κ2) is 7.61. The summed E-state index contributed by atoms with van der Waals surface area (Å²) in [7, 11) is 3.64. The lowest BCUT2D eigenvalue weighted by molar-refractivity contribution is 0.0944. The Bertz CT molecular complexity index is 607. The van der Waals surface area contributed by atoms with Gasteiger partial charge in [0.15, 0.2) is 5.69 Å². The number of nitrogens with zero attached hydrogens (tertiary/aromatic N) is 3. The topological polar surface area (TPSA) is 59.4 Å². The lowest BCUT2D eigenvalue weighted by Gasteiger charge is -2.13. The molecule has 1 heterocycles. The highest BCUT2D eigenvalue weighted by atomic mass is 16.5. The maximum atomic E-state index is 12.0. The number of methoxy groups -OCH3 is 1. The average molecular weight is 302 g/mol. The van der Waals surface area contributed by atoms with Gasteiger partial charge in [-0.2, -0.15) is 5.10 Å². The highest BCUT2D eigenvalue weighted by molar-refractivity contribution is 5.92. The van der Waals surface area contributed by atoms with E-state index in [1.807, 2.05) is 31.3 Å². The molecule has 6 nitrogen and oxygen atoms in total. The Morgan fingerprint density at radius 3 is 2.68 bits per heavy atom. The lowest BCUT2D eigenvalue weighted by atomic mass is 10.3. The van der Waals surface area contributed by atoms with Gasteiger partial charge in [-0.3, -0.25) is 4.79 Å². The van der Waals surface area contributed by atoms with Crippen LogP contribution in [0.5, 0.6) is 5.75 Å². The fourth-order valence-corrected chi connectivity index (χ4v) is 1.93. The van der Waals surface area contributed by atoms with E-state index in [2.05, 4.69) is 22.2 Å². The van der Waals surface area contributed by atoms with Gasteiger partial charge in [0, 0.05) is 19.3 Å². The summed E-state index contributed by atoms with van der Waals surface area (Å²) < 4.78 is 6.80. The molecule has 1 N–H and O–H groups in total. The van der Waals surface area contributed by atoms with Gasteiger partial charge >= 0.3 is 0 Å². The van der Waals surface area contributed by atoms with E-state index in [1.54, 1.807) is 24.1 Å². The van der Waals surface area contributed by atoms with Crippen LogP contribution in [0.2, 0.25) is 0 Å². The van der Waals surface area contributed by atoms with Gasteiger partial charge in [0.1, 0.15) is 5.75 Å². The van der Waals surface area contributed by atoms with Crippen molar-refractivity contribution in [3.05, 3.63) is 42.2 Å². The molecule has 1 aromatic heterocycles. The van der Waals surface area contributed by atoms with Crippen LogP contribution in [-0.4, -0.2) is 54.4 Å². The monoisotopic (exact) mass is 302 g/mol. The van der Waals surface area contributed by atoms with Crippen molar-refractivity contribution in [1.29, 1.82) is 0 Å². The molecule has 2 rings (SSSR count). The summed E-state index contributed by atoms with van der Waals surface area (Å²) in [6.45, 7) is 4.47. The first-order chi connectivity index (χ1) is 10.6. The van der Waals surface area contributed by atoms with Gasteiger partial charge in [-0.05, 0) is 43.9 Å². The highest BCUT2D eigenvalue weighted by Crippen LogP contribution is 2.14. The van der Waals surface area contributed by atoms with E-state index in [-0.39, 0.29) is 5.91 Å². The molecule has 1 aromatic carbocycles. The van der Waals surface area contributed by atoms with Crippen LogP contribution in [-0.2, 0) is 0 Å². The molecule has 118 valence electrons. The van der Waals surface area contributed by atoms with Crippen molar-refractivity contribution in [3.8, 4) is 11.4 Å². The van der Waals surface area contributed by atoms with Gasteiger partial charge in [0.05, 0.1) is 12.8 Å². The lowest BCUT2D eigenvalue weighted by Crippen LogP contribution is -2.33. The zero-order chi connectivity index (χ0) is 15.9. The normalized spacial score (nSPS) is 10.7. The smallest absolute Gasteiger partial charge is 0.271 e. The van der Waals surface area contributed by atoms with Gasteiger partial charge in [-0.1, -0.05) is 6.92 Å². The molecule has 0 atom stereocenters. The summed E-state index contributed by atoms with van der Waals surface area (Å²) >= 11 is 0. The van der Waals surface area contributed by atoms with E-state index in [0.29, 0.717) is 12.2 Å². The quantitative estimate of drug-likeness (QED) is 0.843. The zero-order valence-corrected chi connectivity index (χ0v) is 13.2. The summed E-state index contributed by atoms with van der Waals surface area (Å²) in [5.41, 5.74) is 1.29. The minimum Gasteiger partial charge on any atom is -0.497 e. The predicted molar refractivity (Wildman–Crippen MR) is 85.6 cm³/mol. The summed E-state index contributed by atoms with van der Waals surface area (Å²) in [6.07, 6.45) is 1.77. The third kappa shape index (κ3) is 4.08. The minimum atomic E-state index is -0.156. The Morgan fingerprint density at radius 1 is 1.32 bits per heavy atom. The Morgan fingerprint density at radius 2 is 2.05 bits per heavy atom. The van der Waals surface area contributed by atoms with E-state index in [1.165, 1.54) is 0 Å². The highest BCUT2D eigenvalue weighted by Gasteiger charge is 2.10. The first kappa shape index (κ1) is 16.0. The number of hydrogen-bond acceptors (Lipinski definition) is 4. The first-order valence-electron chi connectivity index (χ1n) is 7.31. The summed E-state index contributed by atoms with van der Waals surface area (Å²) in [6, 6.07) is 9.21. The Labute approximate surface area is 130 Å². The SMILES string of the molecule is CCN(C)CCNC(=O)c1ccn(-c2ccc(OC)cc2)n1. The van der Waals surface area contributed by atoms with Crippen molar-refractivity contribution in [3.63, 3.8) is 0 Å². The number of rotatable bonds is 7. The van der Waals surface area contributed by atoms with E-state index >= 15 is 0 Å². The van der Waals surface area contributed by atoms with Gasteiger partial charge in [0.2, 0.25) is 0 Å². The molecule has 0 aliphatic rings. The van der Waals surface area contributed by atoms with Crippen LogP contribution in [0.1, 0.15) is 17.4 Å². The van der Waals surface area contributed by atoms with Crippen LogP contribution in [0.15, 0.2) is 36.5 Å². The molecule has 0 aliphatic heterocycles. The summed E-state index contributed by atoms with van der Waals surface area (Å²) in [5.74, 6) is 0.630. The van der Waals surface area contributed by atoms with Gasteiger partial charge in [-0.25, -0.2) is 4.68 Å². The van der Waals surface area contributed by atoms with Gasteiger partial charge < -0.3 is 15.0 Å². The van der Waals surface area contributed by atoms with Crippen molar-refractivity contribution >= 4 is 5.91 Å². The first-order valence-corrected chi connectivity index (χ1v) is 7.31.